The minimum atomic E-state index is -0.999. The van der Waals surface area contributed by atoms with Gasteiger partial charge in [0.25, 0.3) is 0 Å². The lowest BCUT2D eigenvalue weighted by Crippen LogP contribution is -2.27. The molecular weight excluding hydrogens is 326 g/mol. The quantitative estimate of drug-likeness (QED) is 0.623. The summed E-state index contributed by atoms with van der Waals surface area (Å²) in [4.78, 5) is 22.8. The van der Waals surface area contributed by atoms with Crippen LogP contribution in [-0.2, 0) is 20.7 Å². The Morgan fingerprint density at radius 3 is 2.92 bits per heavy atom. The molecular formula is C18H25NO6. The number of rotatable bonds is 10. The number of ether oxygens (including phenoxy) is 3. The average molecular weight is 351 g/mol. The van der Waals surface area contributed by atoms with Crippen molar-refractivity contribution in [2.45, 2.75) is 31.8 Å². The van der Waals surface area contributed by atoms with Crippen LogP contribution in [0, 0.1) is 0 Å². The first-order valence-electron chi connectivity index (χ1n) is 8.46. The zero-order chi connectivity index (χ0) is 18.1. The Hall–Kier alpha value is -2.12. The highest BCUT2D eigenvalue weighted by Crippen LogP contribution is 2.20. The molecule has 25 heavy (non-hydrogen) atoms. The van der Waals surface area contributed by atoms with Gasteiger partial charge in [-0.3, -0.25) is 4.79 Å². The number of nitrogens with one attached hydrogen (secondary N) is 1. The fraction of sp³-hybridized carbons (Fsp3) is 0.556. The molecule has 7 nitrogen and oxygen atoms in total. The molecule has 0 aliphatic carbocycles. The van der Waals surface area contributed by atoms with Crippen LogP contribution in [0.1, 0.15) is 35.2 Å². The number of carbonyl (C=O) groups excluding carboxylic acids is 1. The summed E-state index contributed by atoms with van der Waals surface area (Å²) in [6.07, 6.45) is 3.14. The Morgan fingerprint density at radius 1 is 1.40 bits per heavy atom. The zero-order valence-corrected chi connectivity index (χ0v) is 14.5. The molecule has 1 unspecified atom stereocenters. The predicted octanol–water partition coefficient (Wildman–Crippen LogP) is 1.64. The van der Waals surface area contributed by atoms with Crippen LogP contribution in [0.4, 0.5) is 0 Å². The van der Waals surface area contributed by atoms with Gasteiger partial charge >= 0.3 is 5.97 Å². The molecule has 0 saturated carbocycles. The van der Waals surface area contributed by atoms with Gasteiger partial charge in [0.15, 0.2) is 0 Å². The Morgan fingerprint density at radius 2 is 2.24 bits per heavy atom. The molecule has 1 amide bonds. The molecule has 1 aromatic carbocycles. The summed E-state index contributed by atoms with van der Waals surface area (Å²) in [7, 11) is 1.49. The molecule has 138 valence electrons. The lowest BCUT2D eigenvalue weighted by Gasteiger charge is -2.11. The number of carbonyl (C=O) groups is 2. The first kappa shape index (κ1) is 19.2. The number of carboxylic acid groups (broad SMARTS) is 1. The van der Waals surface area contributed by atoms with E-state index in [1.807, 2.05) is 0 Å². The van der Waals surface area contributed by atoms with Crippen LogP contribution < -0.4 is 10.1 Å². The van der Waals surface area contributed by atoms with E-state index in [9.17, 15) is 9.59 Å². The third kappa shape index (κ3) is 6.36. The summed E-state index contributed by atoms with van der Waals surface area (Å²) in [5.41, 5.74) is 1.02. The first-order valence-corrected chi connectivity index (χ1v) is 8.46. The number of hydrogen-bond acceptors (Lipinski definition) is 5. The second-order valence-corrected chi connectivity index (χ2v) is 5.89. The van der Waals surface area contributed by atoms with Crippen LogP contribution in [0.25, 0.3) is 0 Å². The van der Waals surface area contributed by atoms with Crippen LogP contribution >= 0.6 is 0 Å². The monoisotopic (exact) mass is 351 g/mol. The van der Waals surface area contributed by atoms with E-state index in [1.54, 1.807) is 6.07 Å². The van der Waals surface area contributed by atoms with Gasteiger partial charge in [-0.1, -0.05) is 6.07 Å². The number of benzene rings is 1. The highest BCUT2D eigenvalue weighted by Gasteiger charge is 2.15. The van der Waals surface area contributed by atoms with E-state index in [0.29, 0.717) is 38.3 Å². The molecule has 0 aromatic heterocycles. The lowest BCUT2D eigenvalue weighted by atomic mass is 10.1. The van der Waals surface area contributed by atoms with Crippen molar-refractivity contribution in [2.75, 3.05) is 33.5 Å². The third-order valence-electron chi connectivity index (χ3n) is 4.05. The Balaban J connectivity index is 1.65. The van der Waals surface area contributed by atoms with E-state index < -0.39 is 5.97 Å². The van der Waals surface area contributed by atoms with Gasteiger partial charge in [0.1, 0.15) is 5.75 Å². The van der Waals surface area contributed by atoms with Crippen molar-refractivity contribution in [3.8, 4) is 5.75 Å². The van der Waals surface area contributed by atoms with Gasteiger partial charge in [0.05, 0.1) is 32.0 Å². The number of methoxy groups -OCH3 is 1. The summed E-state index contributed by atoms with van der Waals surface area (Å²) in [5, 5.41) is 11.8. The van der Waals surface area contributed by atoms with Gasteiger partial charge in [-0.05, 0) is 37.0 Å². The van der Waals surface area contributed by atoms with Crippen molar-refractivity contribution in [3.63, 3.8) is 0 Å². The molecule has 1 atom stereocenters. The van der Waals surface area contributed by atoms with E-state index in [2.05, 4.69) is 5.32 Å². The maximum absolute atomic E-state index is 11.8. The van der Waals surface area contributed by atoms with Gasteiger partial charge in [-0.15, -0.1) is 0 Å². The summed E-state index contributed by atoms with van der Waals surface area (Å²) in [6.45, 7) is 2.17. The first-order chi connectivity index (χ1) is 12.1. The van der Waals surface area contributed by atoms with Crippen molar-refractivity contribution in [2.24, 2.45) is 0 Å². The topological polar surface area (TPSA) is 94.1 Å². The Bertz CT molecular complexity index is 583. The smallest absolute Gasteiger partial charge is 0.335 e. The van der Waals surface area contributed by atoms with Crippen LogP contribution in [0.15, 0.2) is 18.2 Å². The van der Waals surface area contributed by atoms with Crippen LogP contribution in [0.3, 0.4) is 0 Å². The Labute approximate surface area is 147 Å². The third-order valence-corrected chi connectivity index (χ3v) is 4.05. The zero-order valence-electron chi connectivity index (χ0n) is 14.5. The predicted molar refractivity (Wildman–Crippen MR) is 91.1 cm³/mol. The maximum atomic E-state index is 11.8. The van der Waals surface area contributed by atoms with Gasteiger partial charge in [0.2, 0.25) is 5.91 Å². The molecule has 0 spiro atoms. The molecule has 1 aromatic rings. The molecule has 1 aliphatic rings. The van der Waals surface area contributed by atoms with Crippen molar-refractivity contribution in [3.05, 3.63) is 29.3 Å². The maximum Gasteiger partial charge on any atom is 0.335 e. The largest absolute Gasteiger partial charge is 0.496 e. The van der Waals surface area contributed by atoms with E-state index in [1.165, 1.54) is 19.2 Å². The van der Waals surface area contributed by atoms with Crippen molar-refractivity contribution in [1.82, 2.24) is 5.32 Å². The SMILES string of the molecule is COc1cc(C(=O)O)ccc1CCNC(=O)CCOCC1CCCO1. The molecule has 0 bridgehead atoms. The van der Waals surface area contributed by atoms with E-state index >= 15 is 0 Å². The molecule has 0 radical (unpaired) electrons. The fourth-order valence-corrected chi connectivity index (χ4v) is 2.66. The van der Waals surface area contributed by atoms with Crippen molar-refractivity contribution >= 4 is 11.9 Å². The number of amides is 1. The fourth-order valence-electron chi connectivity index (χ4n) is 2.66. The molecule has 1 saturated heterocycles. The van der Waals surface area contributed by atoms with Gasteiger partial charge < -0.3 is 24.6 Å². The minimum absolute atomic E-state index is 0.0755. The average Bonchev–Trinajstić information content (AvgIpc) is 3.12. The normalized spacial score (nSPS) is 16.6. The van der Waals surface area contributed by atoms with Crippen LogP contribution in [0.2, 0.25) is 0 Å². The van der Waals surface area contributed by atoms with Gasteiger partial charge in [0, 0.05) is 19.6 Å². The highest BCUT2D eigenvalue weighted by molar-refractivity contribution is 5.88. The number of aromatic carboxylic acids is 1. The van der Waals surface area contributed by atoms with Gasteiger partial charge in [-0.2, -0.15) is 0 Å². The van der Waals surface area contributed by atoms with E-state index in [4.69, 9.17) is 19.3 Å². The Kier molecular flexibility index (Phi) is 7.69. The number of hydrogen-bond donors (Lipinski definition) is 2. The molecule has 1 heterocycles. The summed E-state index contributed by atoms with van der Waals surface area (Å²) >= 11 is 0. The lowest BCUT2D eigenvalue weighted by molar-refractivity contribution is -0.122. The van der Waals surface area contributed by atoms with Crippen LogP contribution in [0.5, 0.6) is 5.75 Å². The van der Waals surface area contributed by atoms with Crippen molar-refractivity contribution < 1.29 is 28.9 Å². The summed E-state index contributed by atoms with van der Waals surface area (Å²) in [6, 6.07) is 4.72. The summed E-state index contributed by atoms with van der Waals surface area (Å²) < 4.78 is 16.1. The minimum Gasteiger partial charge on any atom is -0.496 e. The van der Waals surface area contributed by atoms with E-state index in [-0.39, 0.29) is 17.6 Å². The molecule has 1 fully saturated rings. The molecule has 2 N–H and O–H groups in total. The summed E-state index contributed by atoms with van der Waals surface area (Å²) in [5.74, 6) is -0.566. The highest BCUT2D eigenvalue weighted by atomic mass is 16.5. The van der Waals surface area contributed by atoms with Crippen LogP contribution in [-0.4, -0.2) is 56.6 Å². The van der Waals surface area contributed by atoms with Crippen molar-refractivity contribution in [1.29, 1.82) is 0 Å². The van der Waals surface area contributed by atoms with E-state index in [0.717, 1.165) is 25.0 Å². The second kappa shape index (κ2) is 10.0. The molecule has 2 rings (SSSR count). The second-order valence-electron chi connectivity index (χ2n) is 5.89. The number of carboxylic acids is 1. The standard InChI is InChI=1S/C18H25NO6/c1-23-16-11-14(18(21)22)5-4-13(16)6-8-19-17(20)7-10-24-12-15-3-2-9-25-15/h4-5,11,15H,2-3,6-10,12H2,1H3,(H,19,20)(H,21,22). The molecule has 1 aliphatic heterocycles. The van der Waals surface area contributed by atoms with Gasteiger partial charge in [-0.25, -0.2) is 4.79 Å². The molecule has 7 heteroatoms.